The number of para-hydroxylation sites is 1. The summed E-state index contributed by atoms with van der Waals surface area (Å²) < 4.78 is 2.48. The molecule has 2 aromatic heterocycles. The van der Waals surface area contributed by atoms with Crippen molar-refractivity contribution < 1.29 is 0 Å². The van der Waals surface area contributed by atoms with Crippen molar-refractivity contribution in [1.82, 2.24) is 25.0 Å². The quantitative estimate of drug-likeness (QED) is 0.681. The predicted octanol–water partition coefficient (Wildman–Crippen LogP) is 3.10. The summed E-state index contributed by atoms with van der Waals surface area (Å²) in [6.07, 6.45) is 0. The fourth-order valence-corrected chi connectivity index (χ4v) is 2.21. The van der Waals surface area contributed by atoms with Gasteiger partial charge in [0.1, 0.15) is 15.9 Å². The van der Waals surface area contributed by atoms with E-state index < -0.39 is 0 Å². The first-order valence-electron chi connectivity index (χ1n) is 6.00. The largest absolute Gasteiger partial charge is 0.226 e. The molecule has 96 valence electrons. The summed E-state index contributed by atoms with van der Waals surface area (Å²) in [5.74, 6) is 1.76. The number of benzene rings is 1. The van der Waals surface area contributed by atoms with Crippen LogP contribution >= 0.6 is 15.9 Å². The van der Waals surface area contributed by atoms with Crippen molar-refractivity contribution in [3.8, 4) is 5.82 Å². The van der Waals surface area contributed by atoms with Gasteiger partial charge in [-0.15, -0.1) is 5.10 Å². The van der Waals surface area contributed by atoms with Gasteiger partial charge in [-0.05, 0) is 28.1 Å². The molecule has 0 aliphatic carbocycles. The summed E-state index contributed by atoms with van der Waals surface area (Å²) in [6, 6.07) is 9.64. The van der Waals surface area contributed by atoms with Gasteiger partial charge in [-0.2, -0.15) is 4.68 Å². The lowest BCUT2D eigenvalue weighted by Crippen LogP contribution is -2.06. The molecule has 0 radical (unpaired) electrons. The van der Waals surface area contributed by atoms with Crippen LogP contribution in [0.1, 0.15) is 25.6 Å². The molecule has 6 heteroatoms. The summed E-state index contributed by atoms with van der Waals surface area (Å²) in [6.45, 7) is 4.12. The van der Waals surface area contributed by atoms with Crippen molar-refractivity contribution >= 4 is 27.0 Å². The lowest BCUT2D eigenvalue weighted by atomic mass is 10.2. The van der Waals surface area contributed by atoms with E-state index in [-0.39, 0.29) is 5.92 Å². The van der Waals surface area contributed by atoms with Crippen molar-refractivity contribution in [2.75, 3.05) is 0 Å². The summed E-state index contributed by atoms with van der Waals surface area (Å²) in [7, 11) is 0. The third-order valence-corrected chi connectivity index (χ3v) is 3.19. The highest BCUT2D eigenvalue weighted by molar-refractivity contribution is 9.10. The highest BCUT2D eigenvalue weighted by atomic mass is 79.9. The molecule has 5 nitrogen and oxygen atoms in total. The monoisotopic (exact) mass is 317 g/mol. The van der Waals surface area contributed by atoms with Gasteiger partial charge in [-0.25, -0.2) is 9.97 Å². The Bertz CT molecular complexity index is 735. The molecule has 2 heterocycles. The summed E-state index contributed by atoms with van der Waals surface area (Å²) in [5.41, 5.74) is 1.78. The predicted molar refractivity (Wildman–Crippen MR) is 76.2 cm³/mol. The van der Waals surface area contributed by atoms with Gasteiger partial charge >= 0.3 is 0 Å². The normalized spacial score (nSPS) is 11.4. The van der Waals surface area contributed by atoms with Crippen LogP contribution in [0, 0.1) is 0 Å². The number of nitrogens with zero attached hydrogens (tertiary/aromatic N) is 5. The first kappa shape index (κ1) is 12.2. The second-order valence-corrected chi connectivity index (χ2v) is 5.36. The zero-order valence-electron chi connectivity index (χ0n) is 10.6. The van der Waals surface area contributed by atoms with E-state index in [2.05, 4.69) is 50.1 Å². The average molecular weight is 318 g/mol. The van der Waals surface area contributed by atoms with Crippen LogP contribution in [0.3, 0.4) is 0 Å². The van der Waals surface area contributed by atoms with Gasteiger partial charge in [-0.3, -0.25) is 0 Å². The third kappa shape index (κ3) is 2.23. The molecule has 0 aliphatic heterocycles. The SMILES string of the molecule is CC(C)c1nc(Br)cc(-n2nnc3ccccc32)n1. The minimum absolute atomic E-state index is 0.256. The van der Waals surface area contributed by atoms with Crippen LogP contribution < -0.4 is 0 Å². The number of hydrogen-bond donors (Lipinski definition) is 0. The van der Waals surface area contributed by atoms with Crippen LogP contribution in [0.4, 0.5) is 0 Å². The van der Waals surface area contributed by atoms with Gasteiger partial charge in [0.2, 0.25) is 0 Å². The van der Waals surface area contributed by atoms with Crippen molar-refractivity contribution in [3.63, 3.8) is 0 Å². The zero-order valence-corrected chi connectivity index (χ0v) is 12.2. The molecule has 0 fully saturated rings. The topological polar surface area (TPSA) is 56.5 Å². The van der Waals surface area contributed by atoms with Crippen molar-refractivity contribution in [2.24, 2.45) is 0 Å². The number of rotatable bonds is 2. The molecule has 0 spiro atoms. The maximum absolute atomic E-state index is 4.55. The van der Waals surface area contributed by atoms with Gasteiger partial charge in [0.15, 0.2) is 5.82 Å². The minimum atomic E-state index is 0.256. The van der Waals surface area contributed by atoms with Crippen LogP contribution in [-0.2, 0) is 0 Å². The molecule has 3 rings (SSSR count). The maximum atomic E-state index is 4.55. The summed E-state index contributed by atoms with van der Waals surface area (Å²) in [5, 5.41) is 8.30. The minimum Gasteiger partial charge on any atom is -0.226 e. The molecule has 0 bridgehead atoms. The van der Waals surface area contributed by atoms with Crippen LogP contribution in [0.25, 0.3) is 16.9 Å². The Hall–Kier alpha value is -1.82. The maximum Gasteiger partial charge on any atom is 0.160 e. The molecule has 0 N–H and O–H groups in total. The van der Waals surface area contributed by atoms with Crippen LogP contribution in [0.5, 0.6) is 0 Å². The Morgan fingerprint density at radius 1 is 1.16 bits per heavy atom. The number of aromatic nitrogens is 5. The Morgan fingerprint density at radius 3 is 2.74 bits per heavy atom. The molecule has 0 saturated carbocycles. The Labute approximate surface area is 118 Å². The Balaban J connectivity index is 2.21. The number of fused-ring (bicyclic) bond motifs is 1. The number of hydrogen-bond acceptors (Lipinski definition) is 4. The first-order valence-corrected chi connectivity index (χ1v) is 6.80. The van der Waals surface area contributed by atoms with Gasteiger partial charge < -0.3 is 0 Å². The molecular weight excluding hydrogens is 306 g/mol. The lowest BCUT2D eigenvalue weighted by molar-refractivity contribution is 0.733. The first-order chi connectivity index (χ1) is 9.15. The highest BCUT2D eigenvalue weighted by Gasteiger charge is 2.11. The molecule has 0 unspecified atom stereocenters. The third-order valence-electron chi connectivity index (χ3n) is 2.78. The standard InChI is InChI=1S/C13H12BrN5/c1-8(2)13-15-11(14)7-12(16-13)19-10-6-4-3-5-9(10)17-18-19/h3-8H,1-2H3. The van der Waals surface area contributed by atoms with E-state index in [1.54, 1.807) is 4.68 Å². The Morgan fingerprint density at radius 2 is 1.95 bits per heavy atom. The molecule has 0 saturated heterocycles. The Kier molecular flexibility index (Phi) is 3.02. The lowest BCUT2D eigenvalue weighted by Gasteiger charge is -2.07. The van der Waals surface area contributed by atoms with E-state index in [0.29, 0.717) is 0 Å². The molecule has 0 atom stereocenters. The van der Waals surface area contributed by atoms with Crippen LogP contribution in [-0.4, -0.2) is 25.0 Å². The van der Waals surface area contributed by atoms with E-state index in [1.807, 2.05) is 30.3 Å². The fourth-order valence-electron chi connectivity index (χ4n) is 1.83. The van der Waals surface area contributed by atoms with Crippen molar-refractivity contribution in [3.05, 3.63) is 40.8 Å². The summed E-state index contributed by atoms with van der Waals surface area (Å²) in [4.78, 5) is 8.91. The molecule has 1 aromatic carbocycles. The van der Waals surface area contributed by atoms with Crippen LogP contribution in [0.15, 0.2) is 34.9 Å². The van der Waals surface area contributed by atoms with E-state index in [1.165, 1.54) is 0 Å². The van der Waals surface area contributed by atoms with E-state index in [0.717, 1.165) is 27.3 Å². The van der Waals surface area contributed by atoms with Gasteiger partial charge in [-0.1, -0.05) is 31.2 Å². The number of halogens is 1. The van der Waals surface area contributed by atoms with E-state index in [4.69, 9.17) is 0 Å². The van der Waals surface area contributed by atoms with E-state index in [9.17, 15) is 0 Å². The van der Waals surface area contributed by atoms with Crippen molar-refractivity contribution in [1.29, 1.82) is 0 Å². The van der Waals surface area contributed by atoms with Gasteiger partial charge in [0.25, 0.3) is 0 Å². The average Bonchev–Trinajstić information content (AvgIpc) is 2.81. The zero-order chi connectivity index (χ0) is 13.4. The molecule has 3 aromatic rings. The second-order valence-electron chi connectivity index (χ2n) is 4.55. The summed E-state index contributed by atoms with van der Waals surface area (Å²) >= 11 is 3.42. The van der Waals surface area contributed by atoms with Crippen molar-refractivity contribution in [2.45, 2.75) is 19.8 Å². The fraction of sp³-hybridized carbons (Fsp3) is 0.231. The molecule has 19 heavy (non-hydrogen) atoms. The van der Waals surface area contributed by atoms with Crippen LogP contribution in [0.2, 0.25) is 0 Å². The van der Waals surface area contributed by atoms with E-state index >= 15 is 0 Å². The molecule has 0 aliphatic rings. The van der Waals surface area contributed by atoms with Gasteiger partial charge in [0, 0.05) is 12.0 Å². The molecule has 0 amide bonds. The smallest absolute Gasteiger partial charge is 0.160 e. The second kappa shape index (κ2) is 4.70. The highest BCUT2D eigenvalue weighted by Crippen LogP contribution is 2.19. The molecular formula is C13H12BrN5. The van der Waals surface area contributed by atoms with Gasteiger partial charge in [0.05, 0.1) is 5.52 Å².